The van der Waals surface area contributed by atoms with E-state index in [1.807, 2.05) is 12.5 Å². The van der Waals surface area contributed by atoms with Gasteiger partial charge in [0.15, 0.2) is 0 Å². The predicted octanol–water partition coefficient (Wildman–Crippen LogP) is 0.845. The summed E-state index contributed by atoms with van der Waals surface area (Å²) in [4.78, 5) is 16.2. The predicted molar refractivity (Wildman–Crippen MR) is 68.1 cm³/mol. The quantitative estimate of drug-likeness (QED) is 0.833. The first-order chi connectivity index (χ1) is 8.84. The second kappa shape index (κ2) is 5.10. The molecule has 1 saturated carbocycles. The van der Waals surface area contributed by atoms with E-state index in [9.17, 15) is 4.79 Å². The van der Waals surface area contributed by atoms with Crippen molar-refractivity contribution in [1.82, 2.24) is 20.2 Å². The summed E-state index contributed by atoms with van der Waals surface area (Å²) in [5.74, 6) is 0.171. The van der Waals surface area contributed by atoms with E-state index in [0.717, 1.165) is 32.2 Å². The van der Waals surface area contributed by atoms with Crippen LogP contribution in [0.15, 0.2) is 18.7 Å². The lowest BCUT2D eigenvalue weighted by atomic mass is 10.1. The van der Waals surface area contributed by atoms with Crippen LogP contribution in [0.25, 0.3) is 0 Å². The van der Waals surface area contributed by atoms with Crippen molar-refractivity contribution in [3.8, 4) is 0 Å². The summed E-state index contributed by atoms with van der Waals surface area (Å²) in [6.07, 6.45) is 11.1. The SMILES string of the molecule is O=C(NC1CCCC1n1ccnc1)C1CCCN1. The highest BCUT2D eigenvalue weighted by Gasteiger charge is 2.32. The second-order valence-electron chi connectivity index (χ2n) is 5.27. The summed E-state index contributed by atoms with van der Waals surface area (Å²) in [6, 6.07) is 0.654. The Kier molecular flexibility index (Phi) is 3.32. The number of nitrogens with one attached hydrogen (secondary N) is 2. The second-order valence-corrected chi connectivity index (χ2v) is 5.27. The van der Waals surface area contributed by atoms with E-state index < -0.39 is 0 Å². The minimum atomic E-state index is 0.0223. The van der Waals surface area contributed by atoms with Gasteiger partial charge in [-0.3, -0.25) is 4.79 Å². The lowest BCUT2D eigenvalue weighted by Gasteiger charge is -2.23. The summed E-state index contributed by atoms with van der Waals surface area (Å²) < 4.78 is 2.13. The number of aromatic nitrogens is 2. The molecule has 98 valence electrons. The summed E-state index contributed by atoms with van der Waals surface area (Å²) in [5, 5.41) is 6.46. The molecule has 2 heterocycles. The first kappa shape index (κ1) is 11.7. The zero-order valence-electron chi connectivity index (χ0n) is 10.5. The van der Waals surface area contributed by atoms with Gasteiger partial charge in [0.1, 0.15) is 0 Å². The highest BCUT2D eigenvalue weighted by molar-refractivity contribution is 5.82. The smallest absolute Gasteiger partial charge is 0.237 e. The Morgan fingerprint density at radius 1 is 1.33 bits per heavy atom. The Hall–Kier alpha value is -1.36. The van der Waals surface area contributed by atoms with Crippen LogP contribution in [-0.2, 0) is 4.79 Å². The molecule has 3 rings (SSSR count). The van der Waals surface area contributed by atoms with E-state index in [2.05, 4.69) is 20.2 Å². The molecule has 1 aliphatic carbocycles. The zero-order valence-corrected chi connectivity index (χ0v) is 10.5. The minimum Gasteiger partial charge on any atom is -0.350 e. The van der Waals surface area contributed by atoms with Crippen LogP contribution in [0.2, 0.25) is 0 Å². The number of amides is 1. The van der Waals surface area contributed by atoms with E-state index in [-0.39, 0.29) is 18.0 Å². The van der Waals surface area contributed by atoms with Crippen LogP contribution in [-0.4, -0.2) is 34.1 Å². The Morgan fingerprint density at radius 2 is 2.28 bits per heavy atom. The zero-order chi connectivity index (χ0) is 12.4. The van der Waals surface area contributed by atoms with E-state index in [1.54, 1.807) is 6.20 Å². The molecule has 2 fully saturated rings. The van der Waals surface area contributed by atoms with E-state index in [4.69, 9.17) is 0 Å². The fourth-order valence-electron chi connectivity index (χ4n) is 3.12. The lowest BCUT2D eigenvalue weighted by Crippen LogP contribution is -2.46. The summed E-state index contributed by atoms with van der Waals surface area (Å²) in [7, 11) is 0. The van der Waals surface area contributed by atoms with Crippen LogP contribution in [0, 0.1) is 0 Å². The average Bonchev–Trinajstić information content (AvgIpc) is 3.11. The molecule has 18 heavy (non-hydrogen) atoms. The largest absolute Gasteiger partial charge is 0.350 e. The van der Waals surface area contributed by atoms with Gasteiger partial charge >= 0.3 is 0 Å². The molecule has 0 spiro atoms. The summed E-state index contributed by atoms with van der Waals surface area (Å²) >= 11 is 0. The molecule has 1 saturated heterocycles. The van der Waals surface area contributed by atoms with Crippen LogP contribution in [0.3, 0.4) is 0 Å². The summed E-state index contributed by atoms with van der Waals surface area (Å²) in [5.41, 5.74) is 0. The lowest BCUT2D eigenvalue weighted by molar-refractivity contribution is -0.123. The molecule has 0 radical (unpaired) electrons. The summed E-state index contributed by atoms with van der Waals surface area (Å²) in [6.45, 7) is 0.966. The fourth-order valence-corrected chi connectivity index (χ4v) is 3.12. The van der Waals surface area contributed by atoms with Crippen molar-refractivity contribution < 1.29 is 4.79 Å². The number of hydrogen-bond acceptors (Lipinski definition) is 3. The van der Waals surface area contributed by atoms with Crippen molar-refractivity contribution in [2.45, 2.75) is 50.2 Å². The highest BCUT2D eigenvalue weighted by Crippen LogP contribution is 2.30. The van der Waals surface area contributed by atoms with Gasteiger partial charge in [0.05, 0.1) is 18.4 Å². The fraction of sp³-hybridized carbons (Fsp3) is 0.692. The number of nitrogens with zero attached hydrogens (tertiary/aromatic N) is 2. The van der Waals surface area contributed by atoms with Crippen LogP contribution in [0.5, 0.6) is 0 Å². The standard InChI is InChI=1S/C13H20N4O/c18-13(11-4-2-6-15-11)16-10-3-1-5-12(10)17-8-7-14-9-17/h7-12,15H,1-6H2,(H,16,18). The van der Waals surface area contributed by atoms with E-state index in [0.29, 0.717) is 6.04 Å². The van der Waals surface area contributed by atoms with Gasteiger partial charge in [-0.25, -0.2) is 4.98 Å². The normalized spacial score (nSPS) is 31.7. The first-order valence-electron chi connectivity index (χ1n) is 6.86. The molecule has 5 nitrogen and oxygen atoms in total. The molecule has 1 aromatic heterocycles. The molecule has 1 aliphatic heterocycles. The number of rotatable bonds is 3. The van der Waals surface area contributed by atoms with Gasteiger partial charge in [0.2, 0.25) is 5.91 Å². The number of carbonyl (C=O) groups excluding carboxylic acids is 1. The molecule has 1 aromatic rings. The maximum absolute atomic E-state index is 12.1. The number of imidazole rings is 1. The number of carbonyl (C=O) groups is 1. The molecular weight excluding hydrogens is 228 g/mol. The van der Waals surface area contributed by atoms with Crippen molar-refractivity contribution >= 4 is 5.91 Å². The Bertz CT molecular complexity index is 397. The van der Waals surface area contributed by atoms with Gasteiger partial charge in [0.25, 0.3) is 0 Å². The van der Waals surface area contributed by atoms with Crippen molar-refractivity contribution in [3.63, 3.8) is 0 Å². The average molecular weight is 248 g/mol. The van der Waals surface area contributed by atoms with Gasteiger partial charge < -0.3 is 15.2 Å². The molecule has 1 amide bonds. The molecular formula is C13H20N4O. The van der Waals surface area contributed by atoms with Gasteiger partial charge in [-0.15, -0.1) is 0 Å². The number of hydrogen-bond donors (Lipinski definition) is 2. The van der Waals surface area contributed by atoms with Crippen LogP contribution in [0.4, 0.5) is 0 Å². The third kappa shape index (κ3) is 2.27. The third-order valence-electron chi connectivity index (χ3n) is 4.09. The van der Waals surface area contributed by atoms with E-state index in [1.165, 1.54) is 6.42 Å². The Morgan fingerprint density at radius 3 is 3.00 bits per heavy atom. The maximum atomic E-state index is 12.1. The van der Waals surface area contributed by atoms with Gasteiger partial charge in [0, 0.05) is 18.4 Å². The monoisotopic (exact) mass is 248 g/mol. The molecule has 0 bridgehead atoms. The Balaban J connectivity index is 1.62. The van der Waals surface area contributed by atoms with Gasteiger partial charge in [-0.1, -0.05) is 0 Å². The Labute approximate surface area is 107 Å². The minimum absolute atomic E-state index is 0.0223. The molecule has 0 aromatic carbocycles. The maximum Gasteiger partial charge on any atom is 0.237 e. The topological polar surface area (TPSA) is 59.0 Å². The van der Waals surface area contributed by atoms with Crippen LogP contribution in [0.1, 0.15) is 38.1 Å². The van der Waals surface area contributed by atoms with E-state index >= 15 is 0 Å². The van der Waals surface area contributed by atoms with Crippen LogP contribution >= 0.6 is 0 Å². The van der Waals surface area contributed by atoms with Crippen molar-refractivity contribution in [2.24, 2.45) is 0 Å². The van der Waals surface area contributed by atoms with Crippen molar-refractivity contribution in [1.29, 1.82) is 0 Å². The van der Waals surface area contributed by atoms with Crippen molar-refractivity contribution in [3.05, 3.63) is 18.7 Å². The molecule has 3 unspecified atom stereocenters. The third-order valence-corrected chi connectivity index (χ3v) is 4.09. The molecule has 3 atom stereocenters. The molecule has 2 aliphatic rings. The highest BCUT2D eigenvalue weighted by atomic mass is 16.2. The van der Waals surface area contributed by atoms with Gasteiger partial charge in [-0.2, -0.15) is 0 Å². The first-order valence-corrected chi connectivity index (χ1v) is 6.86. The van der Waals surface area contributed by atoms with Crippen molar-refractivity contribution in [2.75, 3.05) is 6.54 Å². The van der Waals surface area contributed by atoms with Gasteiger partial charge in [-0.05, 0) is 38.6 Å². The van der Waals surface area contributed by atoms with Crippen LogP contribution < -0.4 is 10.6 Å². The molecule has 5 heteroatoms. The molecule has 2 N–H and O–H groups in total.